The van der Waals surface area contributed by atoms with E-state index in [-0.39, 0.29) is 23.8 Å². The van der Waals surface area contributed by atoms with Gasteiger partial charge in [-0.2, -0.15) is 5.10 Å². The molecule has 3 heterocycles. The molecule has 37 heavy (non-hydrogen) atoms. The third kappa shape index (κ3) is 4.08. The van der Waals surface area contributed by atoms with Gasteiger partial charge in [-0.25, -0.2) is 18.6 Å². The summed E-state index contributed by atoms with van der Waals surface area (Å²) in [6, 6.07) is 9.37. The van der Waals surface area contributed by atoms with Crippen molar-refractivity contribution in [2.75, 3.05) is 11.9 Å². The number of anilines is 1. The second kappa shape index (κ2) is 9.14. The summed E-state index contributed by atoms with van der Waals surface area (Å²) in [5.41, 5.74) is 5.12. The number of imidazole rings is 1. The van der Waals surface area contributed by atoms with Crippen LogP contribution in [0.1, 0.15) is 42.3 Å². The molecule has 2 amide bonds. The Kier molecular flexibility index (Phi) is 5.78. The largest absolute Gasteiger partial charge is 0.335 e. The first-order valence-electron chi connectivity index (χ1n) is 12.6. The quantitative estimate of drug-likeness (QED) is 0.348. The number of benzene rings is 2. The van der Waals surface area contributed by atoms with Crippen LogP contribution in [0.3, 0.4) is 0 Å². The summed E-state index contributed by atoms with van der Waals surface area (Å²) in [5.74, 6) is -0.727. The highest BCUT2D eigenvalue weighted by atomic mass is 19.1. The van der Waals surface area contributed by atoms with Crippen molar-refractivity contribution in [3.63, 3.8) is 0 Å². The standard InChI is InChI=1S/C28H28F2N6O/c1-16-27(17(2)36(34-16)14-18-6-5-7-18)21-10-23(30)24(11-22(21)29)33-28(37)32-13-26-20-9-4-3-8-19(20)25-12-31-15-35(25)26/h3-4,8-12,15,18,26H,5-7,13-14H2,1-2H3,(H2,32,33,37). The smallest absolute Gasteiger partial charge is 0.319 e. The second-order valence-corrected chi connectivity index (χ2v) is 9.96. The zero-order valence-electron chi connectivity index (χ0n) is 20.8. The molecule has 1 aliphatic carbocycles. The summed E-state index contributed by atoms with van der Waals surface area (Å²) in [6.45, 7) is 4.76. The van der Waals surface area contributed by atoms with E-state index in [1.165, 1.54) is 19.3 Å². The first-order chi connectivity index (χ1) is 17.9. The molecule has 1 aliphatic heterocycles. The third-order valence-electron chi connectivity index (χ3n) is 7.67. The summed E-state index contributed by atoms with van der Waals surface area (Å²) in [6.07, 6.45) is 7.10. The van der Waals surface area contributed by atoms with Crippen LogP contribution in [0.25, 0.3) is 22.4 Å². The molecule has 6 rings (SSSR count). The summed E-state index contributed by atoms with van der Waals surface area (Å²) < 4.78 is 34.2. The maximum atomic E-state index is 15.2. The second-order valence-electron chi connectivity index (χ2n) is 9.96. The van der Waals surface area contributed by atoms with Gasteiger partial charge in [-0.1, -0.05) is 30.7 Å². The lowest BCUT2D eigenvalue weighted by molar-refractivity contribution is 0.251. The van der Waals surface area contributed by atoms with Crippen molar-refractivity contribution in [2.45, 2.75) is 45.7 Å². The fourth-order valence-electron chi connectivity index (χ4n) is 5.52. The first kappa shape index (κ1) is 23.4. The zero-order valence-corrected chi connectivity index (χ0v) is 20.8. The molecule has 2 aromatic carbocycles. The number of carbonyl (C=O) groups excluding carboxylic acids is 1. The first-order valence-corrected chi connectivity index (χ1v) is 12.6. The van der Waals surface area contributed by atoms with Crippen molar-refractivity contribution in [1.29, 1.82) is 0 Å². The van der Waals surface area contributed by atoms with Gasteiger partial charge in [-0.3, -0.25) is 4.68 Å². The minimum atomic E-state index is -0.708. The highest BCUT2D eigenvalue weighted by Crippen LogP contribution is 2.38. The topological polar surface area (TPSA) is 76.8 Å². The lowest BCUT2D eigenvalue weighted by atomic mass is 9.85. The van der Waals surface area contributed by atoms with Crippen molar-refractivity contribution in [3.05, 3.63) is 77.5 Å². The Labute approximate surface area is 213 Å². The molecule has 2 aliphatic rings. The van der Waals surface area contributed by atoms with Crippen molar-refractivity contribution in [2.24, 2.45) is 5.92 Å². The minimum Gasteiger partial charge on any atom is -0.335 e. The molecular weight excluding hydrogens is 474 g/mol. The van der Waals surface area contributed by atoms with Crippen molar-refractivity contribution >= 4 is 11.7 Å². The maximum absolute atomic E-state index is 15.2. The predicted molar refractivity (Wildman–Crippen MR) is 137 cm³/mol. The molecule has 1 atom stereocenters. The van der Waals surface area contributed by atoms with E-state index in [2.05, 4.69) is 20.7 Å². The monoisotopic (exact) mass is 502 g/mol. The van der Waals surface area contributed by atoms with E-state index >= 15 is 8.78 Å². The molecule has 1 unspecified atom stereocenters. The van der Waals surface area contributed by atoms with Crippen LogP contribution in [-0.4, -0.2) is 31.9 Å². The number of amides is 2. The van der Waals surface area contributed by atoms with Crippen molar-refractivity contribution in [3.8, 4) is 22.4 Å². The summed E-state index contributed by atoms with van der Waals surface area (Å²) in [5, 5.41) is 9.83. The molecule has 190 valence electrons. The maximum Gasteiger partial charge on any atom is 0.319 e. The number of nitrogens with one attached hydrogen (secondary N) is 2. The highest BCUT2D eigenvalue weighted by Gasteiger charge is 2.28. The van der Waals surface area contributed by atoms with E-state index in [0.717, 1.165) is 41.2 Å². The van der Waals surface area contributed by atoms with Crippen LogP contribution in [0.4, 0.5) is 19.3 Å². The SMILES string of the molecule is Cc1nn(CC2CCC2)c(C)c1-c1cc(F)c(NC(=O)NCC2c3ccccc3-c3cncn32)cc1F. The van der Waals surface area contributed by atoms with Gasteiger partial charge in [0.1, 0.15) is 11.6 Å². The average Bonchev–Trinajstić information content (AvgIpc) is 3.51. The van der Waals surface area contributed by atoms with Crippen LogP contribution in [0.5, 0.6) is 0 Å². The fraction of sp³-hybridized carbons (Fsp3) is 0.321. The average molecular weight is 503 g/mol. The number of rotatable bonds is 6. The summed E-state index contributed by atoms with van der Waals surface area (Å²) >= 11 is 0. The van der Waals surface area contributed by atoms with E-state index in [4.69, 9.17) is 0 Å². The Bertz CT molecular complexity index is 1500. The number of aryl methyl sites for hydroxylation is 1. The lowest BCUT2D eigenvalue weighted by Crippen LogP contribution is -2.33. The molecule has 0 saturated heterocycles. The number of urea groups is 1. The number of halogens is 2. The van der Waals surface area contributed by atoms with Gasteiger partial charge < -0.3 is 15.2 Å². The number of hydrogen-bond acceptors (Lipinski definition) is 3. The molecule has 2 aromatic heterocycles. The fourth-order valence-corrected chi connectivity index (χ4v) is 5.52. The molecule has 7 nitrogen and oxygen atoms in total. The van der Waals surface area contributed by atoms with Crippen LogP contribution < -0.4 is 10.6 Å². The zero-order chi connectivity index (χ0) is 25.7. The van der Waals surface area contributed by atoms with Gasteiger partial charge >= 0.3 is 6.03 Å². The van der Waals surface area contributed by atoms with Crippen molar-refractivity contribution < 1.29 is 13.6 Å². The number of hydrogen-bond donors (Lipinski definition) is 2. The third-order valence-corrected chi connectivity index (χ3v) is 7.67. The van der Waals surface area contributed by atoms with E-state index in [1.807, 2.05) is 47.4 Å². The molecule has 9 heteroatoms. The van der Waals surface area contributed by atoms with Gasteiger partial charge in [-0.05, 0) is 44.2 Å². The molecular formula is C28H28F2N6O. The van der Waals surface area contributed by atoms with Gasteiger partial charge in [0, 0.05) is 41.5 Å². The highest BCUT2D eigenvalue weighted by molar-refractivity contribution is 5.90. The number of carbonyl (C=O) groups is 1. The number of nitrogens with zero attached hydrogens (tertiary/aromatic N) is 4. The minimum absolute atomic E-state index is 0.133. The Hall–Kier alpha value is -4.01. The van der Waals surface area contributed by atoms with Gasteiger partial charge in [0.2, 0.25) is 0 Å². The molecule has 2 N–H and O–H groups in total. The van der Waals surface area contributed by atoms with Gasteiger partial charge in [0.15, 0.2) is 0 Å². The van der Waals surface area contributed by atoms with Crippen LogP contribution in [0.2, 0.25) is 0 Å². The van der Waals surface area contributed by atoms with E-state index in [1.54, 1.807) is 12.5 Å². The van der Waals surface area contributed by atoms with Gasteiger partial charge in [0.05, 0.1) is 35.6 Å². The van der Waals surface area contributed by atoms with Gasteiger partial charge in [-0.15, -0.1) is 0 Å². The normalized spacial score (nSPS) is 16.3. The Morgan fingerprint density at radius 3 is 2.70 bits per heavy atom. The Morgan fingerprint density at radius 2 is 1.92 bits per heavy atom. The van der Waals surface area contributed by atoms with E-state index in [9.17, 15) is 4.79 Å². The van der Waals surface area contributed by atoms with Crippen LogP contribution in [-0.2, 0) is 6.54 Å². The summed E-state index contributed by atoms with van der Waals surface area (Å²) in [4.78, 5) is 16.9. The summed E-state index contributed by atoms with van der Waals surface area (Å²) in [7, 11) is 0. The van der Waals surface area contributed by atoms with Crippen molar-refractivity contribution in [1.82, 2.24) is 24.6 Å². The number of aromatic nitrogens is 4. The van der Waals surface area contributed by atoms with E-state index in [0.29, 0.717) is 17.2 Å². The molecule has 4 aromatic rings. The Morgan fingerprint density at radius 1 is 1.11 bits per heavy atom. The molecule has 1 saturated carbocycles. The van der Waals surface area contributed by atoms with Crippen LogP contribution in [0.15, 0.2) is 48.9 Å². The molecule has 0 bridgehead atoms. The molecule has 1 fully saturated rings. The molecule has 0 radical (unpaired) electrons. The molecule has 0 spiro atoms. The van der Waals surface area contributed by atoms with Crippen LogP contribution >= 0.6 is 0 Å². The van der Waals surface area contributed by atoms with E-state index < -0.39 is 17.7 Å². The predicted octanol–water partition coefficient (Wildman–Crippen LogP) is 5.83. The Balaban J connectivity index is 1.17. The van der Waals surface area contributed by atoms with Crippen LogP contribution in [0, 0.1) is 31.4 Å². The van der Waals surface area contributed by atoms with Gasteiger partial charge in [0.25, 0.3) is 0 Å². The lowest BCUT2D eigenvalue weighted by Gasteiger charge is -2.25. The number of fused-ring (bicyclic) bond motifs is 3.